The minimum Gasteiger partial charge on any atom is -0.493 e. The van der Waals surface area contributed by atoms with E-state index in [0.717, 1.165) is 50.2 Å². The van der Waals surface area contributed by atoms with Crippen molar-refractivity contribution in [2.24, 2.45) is 0 Å². The van der Waals surface area contributed by atoms with Gasteiger partial charge in [-0.2, -0.15) is 0 Å². The Bertz CT molecular complexity index is 1430. The highest BCUT2D eigenvalue weighted by Gasteiger charge is 2.22. The van der Waals surface area contributed by atoms with Crippen LogP contribution in [0.4, 0.5) is 10.1 Å². The second kappa shape index (κ2) is 10.5. The number of hydrogen-bond acceptors (Lipinski definition) is 4. The average Bonchev–Trinajstić information content (AvgIpc) is 3.35. The maximum absolute atomic E-state index is 13.3. The number of allylic oxidation sites excluding steroid dienone is 1. The molecule has 0 saturated carbocycles. The molecule has 0 N–H and O–H groups in total. The molecule has 0 spiro atoms. The summed E-state index contributed by atoms with van der Waals surface area (Å²) in [5.74, 6) is 0.475. The zero-order valence-electron chi connectivity index (χ0n) is 21.5. The van der Waals surface area contributed by atoms with Crippen molar-refractivity contribution in [2.45, 2.75) is 20.8 Å². The van der Waals surface area contributed by atoms with E-state index in [1.807, 2.05) is 43.9 Å². The minimum absolute atomic E-state index is 0.0214. The van der Waals surface area contributed by atoms with Crippen molar-refractivity contribution < 1.29 is 18.3 Å². The van der Waals surface area contributed by atoms with Crippen molar-refractivity contribution in [3.8, 4) is 16.9 Å². The molecule has 5 rings (SSSR count). The van der Waals surface area contributed by atoms with E-state index < -0.39 is 0 Å². The Labute approximate surface area is 216 Å². The van der Waals surface area contributed by atoms with Gasteiger partial charge in [-0.25, -0.2) is 4.39 Å². The monoisotopic (exact) mass is 498 g/mol. The second-order valence-electron chi connectivity index (χ2n) is 9.32. The number of benzene rings is 3. The number of nitrogens with zero attached hydrogens (tertiary/aromatic N) is 2. The summed E-state index contributed by atoms with van der Waals surface area (Å²) in [6.07, 6.45) is 3.50. The van der Waals surface area contributed by atoms with Crippen molar-refractivity contribution in [3.05, 3.63) is 89.9 Å². The van der Waals surface area contributed by atoms with Crippen molar-refractivity contribution in [3.63, 3.8) is 0 Å². The number of hydrogen-bond donors (Lipinski definition) is 0. The predicted octanol–water partition coefficient (Wildman–Crippen LogP) is 6.70. The first-order valence-electron chi connectivity index (χ1n) is 12.7. The number of amides is 1. The lowest BCUT2D eigenvalue weighted by Gasteiger charge is -2.35. The average molecular weight is 499 g/mol. The summed E-state index contributed by atoms with van der Waals surface area (Å²) in [5.41, 5.74) is 6.52. The van der Waals surface area contributed by atoms with Crippen LogP contribution in [0.2, 0.25) is 0 Å². The van der Waals surface area contributed by atoms with Crippen LogP contribution in [0.15, 0.2) is 77.4 Å². The van der Waals surface area contributed by atoms with E-state index >= 15 is 0 Å². The summed E-state index contributed by atoms with van der Waals surface area (Å²) in [4.78, 5) is 17.3. The van der Waals surface area contributed by atoms with Gasteiger partial charge in [0.05, 0.1) is 12.9 Å². The Balaban J connectivity index is 1.42. The lowest BCUT2D eigenvalue weighted by Crippen LogP contribution is -2.48. The maximum atomic E-state index is 13.3. The van der Waals surface area contributed by atoms with Gasteiger partial charge in [0.2, 0.25) is 5.91 Å². The van der Waals surface area contributed by atoms with E-state index in [4.69, 9.17) is 9.15 Å². The minimum atomic E-state index is -0.246. The molecule has 0 radical (unpaired) electrons. The van der Waals surface area contributed by atoms with Crippen molar-refractivity contribution in [1.29, 1.82) is 0 Å². The number of halogens is 1. The molecule has 1 fully saturated rings. The van der Waals surface area contributed by atoms with Gasteiger partial charge in [-0.1, -0.05) is 30.3 Å². The van der Waals surface area contributed by atoms with Crippen molar-refractivity contribution in [2.75, 3.05) is 37.7 Å². The first-order chi connectivity index (χ1) is 18.0. The second-order valence-corrected chi connectivity index (χ2v) is 9.32. The smallest absolute Gasteiger partial charge is 0.246 e. The Hall–Kier alpha value is -4.06. The molecular weight excluding hydrogens is 467 g/mol. The van der Waals surface area contributed by atoms with Gasteiger partial charge in [0.15, 0.2) is 0 Å². The fourth-order valence-corrected chi connectivity index (χ4v) is 4.97. The van der Waals surface area contributed by atoms with E-state index in [1.165, 1.54) is 12.1 Å². The highest BCUT2D eigenvalue weighted by atomic mass is 19.1. The quantitative estimate of drug-likeness (QED) is 0.278. The Kier molecular flexibility index (Phi) is 6.99. The van der Waals surface area contributed by atoms with Crippen LogP contribution in [0.25, 0.3) is 27.7 Å². The van der Waals surface area contributed by atoms with Crippen LogP contribution >= 0.6 is 0 Å². The van der Waals surface area contributed by atoms with Crippen LogP contribution in [0.5, 0.6) is 5.75 Å². The van der Waals surface area contributed by atoms with E-state index in [2.05, 4.69) is 23.1 Å². The molecule has 3 aromatic carbocycles. The molecule has 6 heteroatoms. The lowest BCUT2D eigenvalue weighted by molar-refractivity contribution is -0.126. The predicted molar refractivity (Wildman–Crippen MR) is 146 cm³/mol. The van der Waals surface area contributed by atoms with E-state index in [0.29, 0.717) is 32.8 Å². The number of fused-ring (bicyclic) bond motifs is 1. The fraction of sp³-hybridized carbons (Fsp3) is 0.258. The molecule has 4 aromatic rings. The zero-order chi connectivity index (χ0) is 25.9. The van der Waals surface area contributed by atoms with Crippen LogP contribution in [-0.2, 0) is 4.79 Å². The summed E-state index contributed by atoms with van der Waals surface area (Å²) >= 11 is 0. The molecule has 2 heterocycles. The summed E-state index contributed by atoms with van der Waals surface area (Å²) in [6.45, 7) is 9.04. The van der Waals surface area contributed by atoms with Gasteiger partial charge in [-0.3, -0.25) is 4.79 Å². The highest BCUT2D eigenvalue weighted by Crippen LogP contribution is 2.40. The molecule has 37 heavy (non-hydrogen) atoms. The molecule has 1 amide bonds. The SMILES string of the molecule is CCOc1c(/C(C)=C/C(=O)N2CCN(c3ccc(F)cc3)CC2)cc2c(-c3ccccc3)coc2c1C. The van der Waals surface area contributed by atoms with Crippen molar-refractivity contribution in [1.82, 2.24) is 4.90 Å². The molecule has 0 atom stereocenters. The number of carbonyl (C=O) groups is 1. The maximum Gasteiger partial charge on any atom is 0.246 e. The molecule has 0 unspecified atom stereocenters. The summed E-state index contributed by atoms with van der Waals surface area (Å²) in [7, 11) is 0. The van der Waals surface area contributed by atoms with Crippen LogP contribution < -0.4 is 9.64 Å². The Morgan fingerprint density at radius 3 is 2.43 bits per heavy atom. The van der Waals surface area contributed by atoms with Crippen LogP contribution in [0.1, 0.15) is 25.0 Å². The van der Waals surface area contributed by atoms with E-state index in [9.17, 15) is 9.18 Å². The summed E-state index contributed by atoms with van der Waals surface area (Å²) in [5, 5.41) is 0.996. The number of anilines is 1. The first kappa shape index (κ1) is 24.6. The lowest BCUT2D eigenvalue weighted by atomic mass is 9.96. The number of ether oxygens (including phenoxy) is 1. The summed E-state index contributed by atoms with van der Waals surface area (Å²) < 4.78 is 25.3. The fourth-order valence-electron chi connectivity index (χ4n) is 4.97. The van der Waals surface area contributed by atoms with Gasteiger partial charge in [0.1, 0.15) is 17.1 Å². The van der Waals surface area contributed by atoms with Gasteiger partial charge >= 0.3 is 0 Å². The molecule has 1 aliphatic heterocycles. The summed E-state index contributed by atoms with van der Waals surface area (Å²) in [6, 6.07) is 18.7. The third-order valence-electron chi connectivity index (χ3n) is 6.97. The molecule has 1 aromatic heterocycles. The standard InChI is InChI=1S/C31H31FN2O3/c1-4-36-30-22(3)31-27(28(20-37-31)23-8-6-5-7-9-23)19-26(30)21(2)18-29(35)34-16-14-33(15-17-34)25-12-10-24(32)11-13-25/h5-13,18-20H,4,14-17H2,1-3H3/b21-18+. The third-order valence-corrected chi connectivity index (χ3v) is 6.97. The number of rotatable bonds is 6. The number of furan rings is 1. The molecule has 1 saturated heterocycles. The van der Waals surface area contributed by atoms with Gasteiger partial charge in [0.25, 0.3) is 0 Å². The van der Waals surface area contributed by atoms with Crippen LogP contribution in [0, 0.1) is 12.7 Å². The van der Waals surface area contributed by atoms with Crippen LogP contribution in [0.3, 0.4) is 0 Å². The molecule has 190 valence electrons. The molecule has 0 aliphatic carbocycles. The topological polar surface area (TPSA) is 45.9 Å². The van der Waals surface area contributed by atoms with Crippen LogP contribution in [-0.4, -0.2) is 43.6 Å². The molecule has 1 aliphatic rings. The van der Waals surface area contributed by atoms with Gasteiger partial charge in [0, 0.05) is 60.0 Å². The molecule has 0 bridgehead atoms. The van der Waals surface area contributed by atoms with E-state index in [1.54, 1.807) is 24.5 Å². The normalized spacial score (nSPS) is 14.3. The van der Waals surface area contributed by atoms with Gasteiger partial charge in [-0.15, -0.1) is 0 Å². The molecule has 5 nitrogen and oxygen atoms in total. The van der Waals surface area contributed by atoms with E-state index in [-0.39, 0.29) is 11.7 Å². The van der Waals surface area contributed by atoms with Gasteiger partial charge < -0.3 is 19.0 Å². The zero-order valence-corrected chi connectivity index (χ0v) is 21.5. The van der Waals surface area contributed by atoms with Gasteiger partial charge in [-0.05, 0) is 62.2 Å². The highest BCUT2D eigenvalue weighted by molar-refractivity contribution is 6.01. The number of carbonyl (C=O) groups excluding carboxylic acids is 1. The number of aryl methyl sites for hydroxylation is 1. The Morgan fingerprint density at radius 2 is 1.76 bits per heavy atom. The van der Waals surface area contributed by atoms with Crippen molar-refractivity contribution >= 4 is 28.1 Å². The largest absolute Gasteiger partial charge is 0.493 e. The first-order valence-corrected chi connectivity index (χ1v) is 12.7. The number of piperazine rings is 1. The third kappa shape index (κ3) is 4.96. The Morgan fingerprint density at radius 1 is 1.05 bits per heavy atom. The molecular formula is C31H31FN2O3.